The summed E-state index contributed by atoms with van der Waals surface area (Å²) in [5.41, 5.74) is 7.82. The van der Waals surface area contributed by atoms with E-state index < -0.39 is 0 Å². The van der Waals surface area contributed by atoms with E-state index >= 15 is 0 Å². The van der Waals surface area contributed by atoms with E-state index in [4.69, 9.17) is 10.3 Å². The van der Waals surface area contributed by atoms with Crippen LogP contribution in [0.15, 0.2) is 28.7 Å². The van der Waals surface area contributed by atoms with Gasteiger partial charge in [-0.1, -0.05) is 19.1 Å². The molecule has 0 aliphatic heterocycles. The molecule has 2 rings (SSSR count). The smallest absolute Gasteiger partial charge is 0.126 e. The second kappa shape index (κ2) is 5.59. The molecule has 3 heteroatoms. The highest BCUT2D eigenvalue weighted by atomic mass is 16.3. The molecule has 19 heavy (non-hydrogen) atoms. The number of nitrogens with one attached hydrogen (secondary N) is 1. The van der Waals surface area contributed by atoms with E-state index in [2.05, 4.69) is 45.3 Å². The number of aryl methyl sites for hydroxylation is 4. The molecule has 0 spiro atoms. The maximum Gasteiger partial charge on any atom is 0.126 e. The minimum Gasteiger partial charge on any atom is -0.464 e. The van der Waals surface area contributed by atoms with E-state index in [1.54, 1.807) is 0 Å². The number of hydrogen-bond acceptors (Lipinski definition) is 3. The van der Waals surface area contributed by atoms with Gasteiger partial charge < -0.3 is 4.42 Å². The molecule has 0 aliphatic rings. The SMILES string of the molecule is CCc1ccc(C(NN)c2cc(C)c(C)cc2C)o1. The summed E-state index contributed by atoms with van der Waals surface area (Å²) in [6.45, 7) is 8.43. The van der Waals surface area contributed by atoms with Gasteiger partial charge in [0.25, 0.3) is 0 Å². The van der Waals surface area contributed by atoms with Gasteiger partial charge in [-0.25, -0.2) is 5.43 Å². The lowest BCUT2D eigenvalue weighted by molar-refractivity contribution is 0.425. The molecule has 0 aliphatic carbocycles. The normalized spacial score (nSPS) is 12.7. The van der Waals surface area contributed by atoms with Gasteiger partial charge in [0.15, 0.2) is 0 Å². The maximum atomic E-state index is 5.82. The molecule has 1 aromatic heterocycles. The quantitative estimate of drug-likeness (QED) is 0.653. The van der Waals surface area contributed by atoms with E-state index in [0.717, 1.165) is 17.9 Å². The standard InChI is InChI=1S/C16H22N2O/c1-5-13-6-7-15(19-13)16(18-17)14-9-11(3)10(2)8-12(14)4/h6-9,16,18H,5,17H2,1-4H3. The minimum absolute atomic E-state index is 0.0976. The summed E-state index contributed by atoms with van der Waals surface area (Å²) >= 11 is 0. The Morgan fingerprint density at radius 1 is 1.11 bits per heavy atom. The summed E-state index contributed by atoms with van der Waals surface area (Å²) in [4.78, 5) is 0. The average Bonchev–Trinajstić information content (AvgIpc) is 2.85. The third kappa shape index (κ3) is 2.72. The highest BCUT2D eigenvalue weighted by molar-refractivity contribution is 5.40. The first-order valence-electron chi connectivity index (χ1n) is 6.69. The van der Waals surface area contributed by atoms with Crippen LogP contribution >= 0.6 is 0 Å². The molecule has 0 bridgehead atoms. The lowest BCUT2D eigenvalue weighted by atomic mass is 9.95. The summed E-state index contributed by atoms with van der Waals surface area (Å²) in [5, 5.41) is 0. The molecule has 0 radical (unpaired) electrons. The van der Waals surface area contributed by atoms with Crippen LogP contribution in [0.3, 0.4) is 0 Å². The second-order valence-electron chi connectivity index (χ2n) is 5.05. The number of benzene rings is 1. The van der Waals surface area contributed by atoms with Crippen LogP contribution in [0.2, 0.25) is 0 Å². The van der Waals surface area contributed by atoms with Gasteiger partial charge >= 0.3 is 0 Å². The van der Waals surface area contributed by atoms with Crippen molar-refractivity contribution >= 4 is 0 Å². The summed E-state index contributed by atoms with van der Waals surface area (Å²) in [5.74, 6) is 7.58. The number of hydrogen-bond donors (Lipinski definition) is 2. The summed E-state index contributed by atoms with van der Waals surface area (Å²) in [6, 6.07) is 8.29. The fourth-order valence-corrected chi connectivity index (χ4v) is 2.36. The van der Waals surface area contributed by atoms with Crippen molar-refractivity contribution in [2.24, 2.45) is 5.84 Å². The van der Waals surface area contributed by atoms with Crippen LogP contribution in [0.5, 0.6) is 0 Å². The second-order valence-corrected chi connectivity index (χ2v) is 5.05. The number of nitrogens with two attached hydrogens (primary N) is 1. The van der Waals surface area contributed by atoms with Gasteiger partial charge in [-0.05, 0) is 55.2 Å². The lowest BCUT2D eigenvalue weighted by Crippen LogP contribution is -2.29. The Labute approximate surface area is 114 Å². The van der Waals surface area contributed by atoms with Crippen molar-refractivity contribution < 1.29 is 4.42 Å². The molecule has 0 saturated heterocycles. The van der Waals surface area contributed by atoms with Crippen LogP contribution in [0.25, 0.3) is 0 Å². The molecule has 1 heterocycles. The molecular formula is C16H22N2O. The molecule has 0 amide bonds. The van der Waals surface area contributed by atoms with E-state index in [1.807, 2.05) is 12.1 Å². The molecule has 1 atom stereocenters. The van der Waals surface area contributed by atoms with Crippen molar-refractivity contribution in [3.05, 3.63) is 58.0 Å². The van der Waals surface area contributed by atoms with Gasteiger partial charge in [0.05, 0.1) is 0 Å². The van der Waals surface area contributed by atoms with Crippen LogP contribution in [-0.2, 0) is 6.42 Å². The van der Waals surface area contributed by atoms with Crippen LogP contribution < -0.4 is 11.3 Å². The number of hydrazine groups is 1. The zero-order valence-corrected chi connectivity index (χ0v) is 12.1. The van der Waals surface area contributed by atoms with E-state index in [1.165, 1.54) is 22.3 Å². The number of furan rings is 1. The van der Waals surface area contributed by atoms with E-state index in [-0.39, 0.29) is 6.04 Å². The summed E-state index contributed by atoms with van der Waals surface area (Å²) < 4.78 is 5.82. The van der Waals surface area contributed by atoms with E-state index in [9.17, 15) is 0 Å². The third-order valence-corrected chi connectivity index (χ3v) is 3.68. The van der Waals surface area contributed by atoms with Gasteiger partial charge in [-0.3, -0.25) is 5.84 Å². The molecular weight excluding hydrogens is 236 g/mol. The highest BCUT2D eigenvalue weighted by Gasteiger charge is 2.19. The molecule has 3 nitrogen and oxygen atoms in total. The van der Waals surface area contributed by atoms with Crippen LogP contribution in [0.4, 0.5) is 0 Å². The largest absolute Gasteiger partial charge is 0.464 e. The predicted octanol–water partition coefficient (Wildman–Crippen LogP) is 3.32. The van der Waals surface area contributed by atoms with Crippen molar-refractivity contribution in [1.82, 2.24) is 5.43 Å². The Bertz CT molecular complexity index is 572. The van der Waals surface area contributed by atoms with Gasteiger partial charge in [-0.2, -0.15) is 0 Å². The van der Waals surface area contributed by atoms with Gasteiger partial charge in [0.1, 0.15) is 17.6 Å². The van der Waals surface area contributed by atoms with Crippen LogP contribution in [-0.4, -0.2) is 0 Å². The Morgan fingerprint density at radius 2 is 1.79 bits per heavy atom. The zero-order chi connectivity index (χ0) is 14.0. The molecule has 0 saturated carbocycles. The average molecular weight is 258 g/mol. The van der Waals surface area contributed by atoms with Gasteiger partial charge in [0, 0.05) is 6.42 Å². The van der Waals surface area contributed by atoms with Crippen LogP contribution in [0.1, 0.15) is 46.7 Å². The molecule has 0 fully saturated rings. The van der Waals surface area contributed by atoms with Crippen molar-refractivity contribution in [2.45, 2.75) is 40.2 Å². The molecule has 1 aromatic carbocycles. The third-order valence-electron chi connectivity index (χ3n) is 3.68. The van der Waals surface area contributed by atoms with Gasteiger partial charge in [-0.15, -0.1) is 0 Å². The highest BCUT2D eigenvalue weighted by Crippen LogP contribution is 2.28. The molecule has 3 N–H and O–H groups in total. The Hall–Kier alpha value is -1.58. The molecule has 102 valence electrons. The zero-order valence-electron chi connectivity index (χ0n) is 12.1. The monoisotopic (exact) mass is 258 g/mol. The molecule has 2 aromatic rings. The Morgan fingerprint density at radius 3 is 2.37 bits per heavy atom. The lowest BCUT2D eigenvalue weighted by Gasteiger charge is -2.18. The Balaban J connectivity index is 2.44. The minimum atomic E-state index is -0.0976. The van der Waals surface area contributed by atoms with E-state index in [0.29, 0.717) is 0 Å². The number of rotatable bonds is 4. The predicted molar refractivity (Wildman–Crippen MR) is 77.9 cm³/mol. The summed E-state index contributed by atoms with van der Waals surface area (Å²) in [6.07, 6.45) is 0.892. The first kappa shape index (κ1) is 13.8. The topological polar surface area (TPSA) is 51.2 Å². The Kier molecular flexibility index (Phi) is 4.08. The molecule has 1 unspecified atom stereocenters. The van der Waals surface area contributed by atoms with Crippen molar-refractivity contribution in [1.29, 1.82) is 0 Å². The van der Waals surface area contributed by atoms with Crippen molar-refractivity contribution in [3.63, 3.8) is 0 Å². The van der Waals surface area contributed by atoms with Crippen LogP contribution in [0, 0.1) is 20.8 Å². The van der Waals surface area contributed by atoms with Crippen molar-refractivity contribution in [2.75, 3.05) is 0 Å². The first-order chi connectivity index (χ1) is 9.06. The fourth-order valence-electron chi connectivity index (χ4n) is 2.36. The van der Waals surface area contributed by atoms with Gasteiger partial charge in [0.2, 0.25) is 0 Å². The first-order valence-corrected chi connectivity index (χ1v) is 6.69. The summed E-state index contributed by atoms with van der Waals surface area (Å²) in [7, 11) is 0. The van der Waals surface area contributed by atoms with Crippen molar-refractivity contribution in [3.8, 4) is 0 Å². The maximum absolute atomic E-state index is 5.82. The fraction of sp³-hybridized carbons (Fsp3) is 0.375.